The highest BCUT2D eigenvalue weighted by Crippen LogP contribution is 2.30. The third-order valence-corrected chi connectivity index (χ3v) is 4.68. The molecule has 0 saturated heterocycles. The number of allylic oxidation sites excluding steroid dienone is 2. The van der Waals surface area contributed by atoms with Gasteiger partial charge in [0.1, 0.15) is 10.7 Å². The van der Waals surface area contributed by atoms with Gasteiger partial charge in [-0.25, -0.2) is 0 Å². The van der Waals surface area contributed by atoms with Crippen molar-refractivity contribution in [1.29, 1.82) is 0 Å². The van der Waals surface area contributed by atoms with E-state index in [2.05, 4.69) is 12.2 Å². The molecule has 2 aromatic rings. The fourth-order valence-electron chi connectivity index (χ4n) is 1.95. The molecular weight excluding hydrogens is 334 g/mol. The molecule has 5 heteroatoms. The van der Waals surface area contributed by atoms with Gasteiger partial charge in [-0.2, -0.15) is 0 Å². The smallest absolute Gasteiger partial charge is 0.147 e. The van der Waals surface area contributed by atoms with Crippen LogP contribution < -0.4 is 10.1 Å². The molecule has 2 rings (SSSR count). The number of halogens is 1. The summed E-state index contributed by atoms with van der Waals surface area (Å²) in [6.45, 7) is 6.05. The van der Waals surface area contributed by atoms with Crippen molar-refractivity contribution in [3.05, 3.63) is 56.9 Å². The second-order valence-electron chi connectivity index (χ2n) is 4.70. The molecule has 0 aliphatic carbocycles. The lowest BCUT2D eigenvalue weighted by atomic mass is 10.2. The molecule has 0 aliphatic rings. The van der Waals surface area contributed by atoms with E-state index in [-0.39, 0.29) is 0 Å². The minimum atomic E-state index is 0.580. The Bertz CT molecular complexity index is 706. The van der Waals surface area contributed by atoms with Crippen LogP contribution in [0.15, 0.2) is 41.5 Å². The van der Waals surface area contributed by atoms with Crippen molar-refractivity contribution in [2.75, 3.05) is 5.32 Å². The van der Waals surface area contributed by atoms with Crippen LogP contribution in [0.25, 0.3) is 0 Å². The molecule has 0 fully saturated rings. The fourth-order valence-corrected chi connectivity index (χ4v) is 3.22. The van der Waals surface area contributed by atoms with Crippen LogP contribution in [0.5, 0.6) is 5.75 Å². The summed E-state index contributed by atoms with van der Waals surface area (Å²) in [5.41, 5.74) is 1.92. The van der Waals surface area contributed by atoms with Crippen molar-refractivity contribution in [2.45, 2.75) is 27.2 Å². The van der Waals surface area contributed by atoms with Crippen molar-refractivity contribution >= 4 is 45.8 Å². The normalized spacial score (nSPS) is 11.4. The Morgan fingerprint density at radius 3 is 2.77 bits per heavy atom. The van der Waals surface area contributed by atoms with Crippen molar-refractivity contribution in [1.82, 2.24) is 0 Å². The minimum Gasteiger partial charge on any atom is -0.460 e. The highest BCUT2D eigenvalue weighted by atomic mass is 35.5. The molecule has 0 radical (unpaired) electrons. The molecule has 1 aromatic carbocycles. The maximum absolute atomic E-state index is 6.20. The molecule has 0 unspecified atom stereocenters. The number of hydrogen-bond donors (Lipinski definition) is 1. The number of thiophene rings is 1. The van der Waals surface area contributed by atoms with Crippen LogP contribution in [0.4, 0.5) is 5.69 Å². The second kappa shape index (κ2) is 7.77. The molecule has 1 aromatic heterocycles. The maximum atomic E-state index is 6.20. The van der Waals surface area contributed by atoms with Crippen LogP contribution >= 0.6 is 35.2 Å². The van der Waals surface area contributed by atoms with E-state index in [0.717, 1.165) is 23.4 Å². The van der Waals surface area contributed by atoms with E-state index >= 15 is 0 Å². The van der Waals surface area contributed by atoms with Gasteiger partial charge in [0.2, 0.25) is 0 Å². The number of aryl methyl sites for hydroxylation is 1. The Morgan fingerprint density at radius 2 is 2.18 bits per heavy atom. The lowest BCUT2D eigenvalue weighted by molar-refractivity contribution is 0.409. The molecule has 0 bridgehead atoms. The van der Waals surface area contributed by atoms with E-state index in [1.165, 1.54) is 4.88 Å². The first-order chi connectivity index (χ1) is 10.5. The average Bonchev–Trinajstić information content (AvgIpc) is 2.94. The summed E-state index contributed by atoms with van der Waals surface area (Å²) in [6.07, 6.45) is 2.76. The Balaban J connectivity index is 2.19. The maximum Gasteiger partial charge on any atom is 0.147 e. The molecule has 1 N–H and O–H groups in total. The Morgan fingerprint density at radius 1 is 1.41 bits per heavy atom. The SMILES string of the molecule is CC=C(CC)Oc1cc(NC(=S)c2ccsc2C)ccc1Cl. The van der Waals surface area contributed by atoms with Crippen LogP contribution in [-0.4, -0.2) is 4.99 Å². The summed E-state index contributed by atoms with van der Waals surface area (Å²) in [6, 6.07) is 7.60. The third kappa shape index (κ3) is 4.09. The summed E-state index contributed by atoms with van der Waals surface area (Å²) < 4.78 is 5.83. The summed E-state index contributed by atoms with van der Waals surface area (Å²) in [5, 5.41) is 5.86. The fraction of sp³-hybridized carbons (Fsp3) is 0.235. The lowest BCUT2D eigenvalue weighted by Crippen LogP contribution is -2.10. The van der Waals surface area contributed by atoms with Crippen molar-refractivity contribution in [3.63, 3.8) is 0 Å². The molecule has 0 atom stereocenters. The second-order valence-corrected chi connectivity index (χ2v) is 6.64. The van der Waals surface area contributed by atoms with Crippen LogP contribution in [0.2, 0.25) is 5.02 Å². The highest BCUT2D eigenvalue weighted by molar-refractivity contribution is 7.81. The van der Waals surface area contributed by atoms with Crippen LogP contribution in [0.1, 0.15) is 30.7 Å². The van der Waals surface area contributed by atoms with Gasteiger partial charge in [-0.15, -0.1) is 11.3 Å². The van der Waals surface area contributed by atoms with E-state index in [0.29, 0.717) is 15.8 Å². The monoisotopic (exact) mass is 351 g/mol. The van der Waals surface area contributed by atoms with Gasteiger partial charge in [-0.1, -0.05) is 30.7 Å². The highest BCUT2D eigenvalue weighted by Gasteiger charge is 2.09. The number of hydrogen-bond acceptors (Lipinski definition) is 3. The summed E-state index contributed by atoms with van der Waals surface area (Å²) in [7, 11) is 0. The molecule has 1 heterocycles. The van der Waals surface area contributed by atoms with E-state index in [4.69, 9.17) is 28.6 Å². The standard InChI is InChI=1S/C17H18ClNOS2/c1-4-13(5-2)20-16-10-12(6-7-15(16)18)19-17(21)14-8-9-22-11(14)3/h4,6-10H,5H2,1-3H3,(H,19,21). The summed E-state index contributed by atoms with van der Waals surface area (Å²) in [5.74, 6) is 1.52. The first-order valence-corrected chi connectivity index (χ1v) is 8.69. The quantitative estimate of drug-likeness (QED) is 0.512. The van der Waals surface area contributed by atoms with E-state index < -0.39 is 0 Å². The van der Waals surface area contributed by atoms with Crippen LogP contribution in [-0.2, 0) is 0 Å². The van der Waals surface area contributed by atoms with E-state index in [1.807, 2.05) is 49.6 Å². The van der Waals surface area contributed by atoms with Crippen molar-refractivity contribution in [2.24, 2.45) is 0 Å². The third-order valence-electron chi connectivity index (χ3n) is 3.20. The van der Waals surface area contributed by atoms with Crippen LogP contribution in [0.3, 0.4) is 0 Å². The van der Waals surface area contributed by atoms with Gasteiger partial charge in [0, 0.05) is 28.6 Å². The number of anilines is 1. The first kappa shape index (κ1) is 17.0. The van der Waals surface area contributed by atoms with E-state index in [1.54, 1.807) is 11.3 Å². The van der Waals surface area contributed by atoms with Crippen LogP contribution in [0, 0.1) is 6.92 Å². The minimum absolute atomic E-state index is 0.580. The zero-order chi connectivity index (χ0) is 16.1. The molecule has 2 nitrogen and oxygen atoms in total. The van der Waals surface area contributed by atoms with Gasteiger partial charge in [-0.05, 0) is 43.5 Å². The molecule has 116 valence electrons. The molecular formula is C17H18ClNOS2. The number of rotatable bonds is 5. The number of thiocarbonyl (C=S) groups is 1. The molecule has 0 aliphatic heterocycles. The molecule has 0 spiro atoms. The van der Waals surface area contributed by atoms with Gasteiger partial charge in [0.25, 0.3) is 0 Å². The van der Waals surface area contributed by atoms with Crippen molar-refractivity contribution < 1.29 is 4.74 Å². The first-order valence-electron chi connectivity index (χ1n) is 7.03. The molecule has 22 heavy (non-hydrogen) atoms. The largest absolute Gasteiger partial charge is 0.460 e. The van der Waals surface area contributed by atoms with Gasteiger partial charge < -0.3 is 10.1 Å². The zero-order valence-electron chi connectivity index (χ0n) is 12.8. The Hall–Kier alpha value is -1.36. The summed E-state index contributed by atoms with van der Waals surface area (Å²) in [4.78, 5) is 1.90. The number of benzene rings is 1. The van der Waals surface area contributed by atoms with E-state index in [9.17, 15) is 0 Å². The predicted molar refractivity (Wildman–Crippen MR) is 101 cm³/mol. The number of nitrogens with one attached hydrogen (secondary N) is 1. The molecule has 0 amide bonds. The topological polar surface area (TPSA) is 21.3 Å². The Kier molecular flexibility index (Phi) is 6.00. The van der Waals surface area contributed by atoms with Gasteiger partial charge in [0.05, 0.1) is 10.8 Å². The summed E-state index contributed by atoms with van der Waals surface area (Å²) >= 11 is 13.4. The van der Waals surface area contributed by atoms with Gasteiger partial charge in [0.15, 0.2) is 0 Å². The Labute approximate surface area is 145 Å². The average molecular weight is 352 g/mol. The lowest BCUT2D eigenvalue weighted by Gasteiger charge is -2.13. The number of ether oxygens (including phenoxy) is 1. The van der Waals surface area contributed by atoms with Crippen molar-refractivity contribution in [3.8, 4) is 5.75 Å². The van der Waals surface area contributed by atoms with Gasteiger partial charge >= 0.3 is 0 Å². The molecule has 0 saturated carbocycles. The van der Waals surface area contributed by atoms with Gasteiger partial charge in [-0.3, -0.25) is 0 Å². The predicted octanol–water partition coefficient (Wildman–Crippen LogP) is 6.19. The zero-order valence-corrected chi connectivity index (χ0v) is 15.2.